The average molecular weight is 483 g/mol. The van der Waals surface area contributed by atoms with Gasteiger partial charge in [-0.15, -0.1) is 0 Å². The number of carbonyl (C=O) groups is 1. The third-order valence-electron chi connectivity index (χ3n) is 7.16. The number of methoxy groups -OCH3 is 1. The largest absolute Gasteiger partial charge is 0.383 e. The van der Waals surface area contributed by atoms with E-state index in [2.05, 4.69) is 58.5 Å². The van der Waals surface area contributed by atoms with Crippen molar-refractivity contribution in [1.29, 1.82) is 0 Å². The molecule has 6 rings (SSSR count). The van der Waals surface area contributed by atoms with Crippen molar-refractivity contribution in [2.75, 3.05) is 40.0 Å². The standard InChI is InChI=1S/C29H30N4O3/c1-3-32-25-7-5-4-6-22(25)23-18-20(8-10-26(23)32)28-30-24-19-21(29(34)31-12-16-36-17-13-31)9-11-27(24)33(28)14-15-35-2/h4-11,18-19H,3,12-17H2,1-2H3. The second-order valence-corrected chi connectivity index (χ2v) is 9.18. The fourth-order valence-corrected chi connectivity index (χ4v) is 5.37. The summed E-state index contributed by atoms with van der Waals surface area (Å²) in [5, 5.41) is 2.47. The number of rotatable bonds is 6. The molecule has 36 heavy (non-hydrogen) atoms. The normalized spacial score (nSPS) is 14.3. The third kappa shape index (κ3) is 3.75. The summed E-state index contributed by atoms with van der Waals surface area (Å²) in [7, 11) is 1.71. The molecule has 7 heteroatoms. The third-order valence-corrected chi connectivity index (χ3v) is 7.16. The molecule has 0 atom stereocenters. The number of benzene rings is 3. The van der Waals surface area contributed by atoms with Crippen LogP contribution in [0.25, 0.3) is 44.2 Å². The molecule has 2 aromatic heterocycles. The minimum atomic E-state index is 0.0296. The van der Waals surface area contributed by atoms with Crippen LogP contribution in [-0.2, 0) is 22.6 Å². The van der Waals surface area contributed by atoms with Gasteiger partial charge in [0.1, 0.15) is 5.82 Å². The van der Waals surface area contributed by atoms with Crippen molar-refractivity contribution in [3.8, 4) is 11.4 Å². The summed E-state index contributed by atoms with van der Waals surface area (Å²) in [5.74, 6) is 0.912. The van der Waals surface area contributed by atoms with Crippen molar-refractivity contribution in [2.45, 2.75) is 20.0 Å². The van der Waals surface area contributed by atoms with Gasteiger partial charge in [0.2, 0.25) is 0 Å². The van der Waals surface area contributed by atoms with E-state index in [1.54, 1.807) is 7.11 Å². The van der Waals surface area contributed by atoms with Gasteiger partial charge >= 0.3 is 0 Å². The number of hydrogen-bond donors (Lipinski definition) is 0. The SMILES string of the molecule is CCn1c2ccccc2c2cc(-c3nc4cc(C(=O)N5CCOCC5)ccc4n3CCOC)ccc21. The molecule has 3 aromatic carbocycles. The van der Waals surface area contributed by atoms with E-state index >= 15 is 0 Å². The number of fused-ring (bicyclic) bond motifs is 4. The lowest BCUT2D eigenvalue weighted by atomic mass is 10.1. The summed E-state index contributed by atoms with van der Waals surface area (Å²) < 4.78 is 15.4. The van der Waals surface area contributed by atoms with Crippen LogP contribution in [0.3, 0.4) is 0 Å². The molecular formula is C29H30N4O3. The summed E-state index contributed by atoms with van der Waals surface area (Å²) in [6.45, 7) is 6.75. The molecule has 0 radical (unpaired) electrons. The van der Waals surface area contributed by atoms with Gasteiger partial charge in [0.25, 0.3) is 5.91 Å². The first kappa shape index (κ1) is 22.8. The first-order valence-electron chi connectivity index (χ1n) is 12.6. The van der Waals surface area contributed by atoms with E-state index in [0.29, 0.717) is 45.0 Å². The van der Waals surface area contributed by atoms with Gasteiger partial charge in [-0.05, 0) is 49.4 Å². The predicted molar refractivity (Wildman–Crippen MR) is 142 cm³/mol. The molecule has 7 nitrogen and oxygen atoms in total. The Hall–Kier alpha value is -3.68. The van der Waals surface area contributed by atoms with Gasteiger partial charge in [0.05, 0.1) is 30.9 Å². The number of aryl methyl sites for hydroxylation is 1. The van der Waals surface area contributed by atoms with Gasteiger partial charge in [-0.2, -0.15) is 0 Å². The van der Waals surface area contributed by atoms with Crippen LogP contribution in [0, 0.1) is 0 Å². The fourth-order valence-electron chi connectivity index (χ4n) is 5.37. The molecule has 1 aliphatic heterocycles. The first-order chi connectivity index (χ1) is 17.7. The molecule has 0 aliphatic carbocycles. The number of para-hydroxylation sites is 1. The number of nitrogens with zero attached hydrogens (tertiary/aromatic N) is 4. The number of amides is 1. The summed E-state index contributed by atoms with van der Waals surface area (Å²) in [6, 6.07) is 21.0. The highest BCUT2D eigenvalue weighted by Crippen LogP contribution is 2.33. The molecule has 1 aliphatic rings. The van der Waals surface area contributed by atoms with Crippen molar-refractivity contribution in [1.82, 2.24) is 19.0 Å². The Balaban J connectivity index is 1.48. The van der Waals surface area contributed by atoms with E-state index in [4.69, 9.17) is 14.5 Å². The number of carbonyl (C=O) groups excluding carboxylic acids is 1. The Morgan fingerprint density at radius 1 is 0.944 bits per heavy atom. The van der Waals surface area contributed by atoms with Gasteiger partial charge in [-0.3, -0.25) is 4.79 Å². The van der Waals surface area contributed by atoms with E-state index in [9.17, 15) is 4.79 Å². The van der Waals surface area contributed by atoms with Gasteiger partial charge < -0.3 is 23.5 Å². The van der Waals surface area contributed by atoms with Crippen molar-refractivity contribution < 1.29 is 14.3 Å². The minimum absolute atomic E-state index is 0.0296. The maximum atomic E-state index is 13.1. The van der Waals surface area contributed by atoms with Gasteiger partial charge in [0.15, 0.2) is 0 Å². The zero-order valence-electron chi connectivity index (χ0n) is 20.7. The Labute approximate surface area is 209 Å². The van der Waals surface area contributed by atoms with Crippen LogP contribution >= 0.6 is 0 Å². The Bertz CT molecular complexity index is 1580. The van der Waals surface area contributed by atoms with Crippen molar-refractivity contribution in [2.24, 2.45) is 0 Å². The van der Waals surface area contributed by atoms with E-state index < -0.39 is 0 Å². The molecule has 0 spiro atoms. The molecule has 0 N–H and O–H groups in total. The predicted octanol–water partition coefficient (Wildman–Crippen LogP) is 4.95. The van der Waals surface area contributed by atoms with E-state index in [1.807, 2.05) is 23.1 Å². The molecule has 184 valence electrons. The highest BCUT2D eigenvalue weighted by molar-refractivity contribution is 6.09. The summed E-state index contributed by atoms with van der Waals surface area (Å²) in [4.78, 5) is 20.0. The minimum Gasteiger partial charge on any atom is -0.383 e. The van der Waals surface area contributed by atoms with Crippen LogP contribution in [0.4, 0.5) is 0 Å². The zero-order valence-corrected chi connectivity index (χ0v) is 20.7. The second kappa shape index (κ2) is 9.41. The molecule has 1 saturated heterocycles. The summed E-state index contributed by atoms with van der Waals surface area (Å²) in [6.07, 6.45) is 0. The molecule has 1 fully saturated rings. The monoisotopic (exact) mass is 482 g/mol. The second-order valence-electron chi connectivity index (χ2n) is 9.18. The maximum Gasteiger partial charge on any atom is 0.254 e. The lowest BCUT2D eigenvalue weighted by Crippen LogP contribution is -2.40. The molecule has 0 unspecified atom stereocenters. The van der Waals surface area contributed by atoms with Crippen LogP contribution in [0.15, 0.2) is 60.7 Å². The van der Waals surface area contributed by atoms with Crippen LogP contribution in [0.1, 0.15) is 17.3 Å². The highest BCUT2D eigenvalue weighted by atomic mass is 16.5. The Morgan fingerprint density at radius 3 is 2.53 bits per heavy atom. The Kier molecular flexibility index (Phi) is 5.95. The number of imidazole rings is 1. The number of aromatic nitrogens is 3. The lowest BCUT2D eigenvalue weighted by Gasteiger charge is -2.26. The Morgan fingerprint density at radius 2 is 1.72 bits per heavy atom. The summed E-state index contributed by atoms with van der Waals surface area (Å²) >= 11 is 0. The molecule has 1 amide bonds. The van der Waals surface area contributed by atoms with Gasteiger partial charge in [-0.1, -0.05) is 18.2 Å². The zero-order chi connectivity index (χ0) is 24.6. The van der Waals surface area contributed by atoms with Crippen molar-refractivity contribution >= 4 is 38.7 Å². The van der Waals surface area contributed by atoms with Crippen molar-refractivity contribution in [3.05, 3.63) is 66.2 Å². The van der Waals surface area contributed by atoms with Crippen LogP contribution in [0.5, 0.6) is 0 Å². The lowest BCUT2D eigenvalue weighted by molar-refractivity contribution is 0.0303. The molecule has 0 saturated carbocycles. The fraction of sp³-hybridized carbons (Fsp3) is 0.310. The quantitative estimate of drug-likeness (QED) is 0.344. The van der Waals surface area contributed by atoms with Crippen LogP contribution < -0.4 is 0 Å². The molecular weight excluding hydrogens is 452 g/mol. The van der Waals surface area contributed by atoms with Crippen molar-refractivity contribution in [3.63, 3.8) is 0 Å². The van der Waals surface area contributed by atoms with Gasteiger partial charge in [-0.25, -0.2) is 4.98 Å². The van der Waals surface area contributed by atoms with Crippen LogP contribution in [0.2, 0.25) is 0 Å². The van der Waals surface area contributed by atoms with E-state index in [0.717, 1.165) is 29.0 Å². The van der Waals surface area contributed by atoms with E-state index in [-0.39, 0.29) is 5.91 Å². The number of morpholine rings is 1. The molecule has 0 bridgehead atoms. The number of ether oxygens (including phenoxy) is 2. The molecule has 3 heterocycles. The van der Waals surface area contributed by atoms with Crippen LogP contribution in [-0.4, -0.2) is 64.9 Å². The smallest absolute Gasteiger partial charge is 0.254 e. The summed E-state index contributed by atoms with van der Waals surface area (Å²) in [5.41, 5.74) is 5.99. The molecule has 5 aromatic rings. The number of hydrogen-bond acceptors (Lipinski definition) is 4. The maximum absolute atomic E-state index is 13.1. The average Bonchev–Trinajstić information content (AvgIpc) is 3.46. The first-order valence-corrected chi connectivity index (χ1v) is 12.6. The van der Waals surface area contributed by atoms with E-state index in [1.165, 1.54) is 21.8 Å². The highest BCUT2D eigenvalue weighted by Gasteiger charge is 2.21. The topological polar surface area (TPSA) is 61.5 Å². The van der Waals surface area contributed by atoms with Gasteiger partial charge in [0, 0.05) is 66.2 Å².